The van der Waals surface area contributed by atoms with E-state index in [0.717, 1.165) is 29.8 Å². The number of H-pyrrole nitrogens is 2. The molecule has 1 amide bonds. The fourth-order valence-corrected chi connectivity index (χ4v) is 3.35. The molecular weight excluding hydrogens is 296 g/mol. The van der Waals surface area contributed by atoms with Crippen LogP contribution in [0.3, 0.4) is 0 Å². The van der Waals surface area contributed by atoms with Gasteiger partial charge in [0.15, 0.2) is 5.82 Å². The number of amides is 1. The van der Waals surface area contributed by atoms with Gasteiger partial charge in [0.1, 0.15) is 0 Å². The van der Waals surface area contributed by atoms with Gasteiger partial charge in [-0.1, -0.05) is 0 Å². The fourth-order valence-electron chi connectivity index (χ4n) is 3.35. The van der Waals surface area contributed by atoms with Crippen molar-refractivity contribution in [2.45, 2.75) is 45.6 Å². The molecule has 8 nitrogen and oxygen atoms in total. The van der Waals surface area contributed by atoms with Gasteiger partial charge in [-0.05, 0) is 38.7 Å². The average molecular weight is 318 g/mol. The highest BCUT2D eigenvalue weighted by Crippen LogP contribution is 2.30. The molecule has 2 aromatic heterocycles. The highest BCUT2D eigenvalue weighted by atomic mass is 16.2. The van der Waals surface area contributed by atoms with Crippen LogP contribution in [0.5, 0.6) is 0 Å². The maximum Gasteiger partial charge on any atom is 0.340 e. The summed E-state index contributed by atoms with van der Waals surface area (Å²) in [4.78, 5) is 28.3. The molecule has 1 atom stereocenters. The lowest BCUT2D eigenvalue weighted by Crippen LogP contribution is -2.31. The van der Waals surface area contributed by atoms with Gasteiger partial charge in [-0.15, -0.1) is 0 Å². The van der Waals surface area contributed by atoms with Crippen molar-refractivity contribution in [1.29, 1.82) is 0 Å². The molecule has 0 spiro atoms. The van der Waals surface area contributed by atoms with E-state index in [9.17, 15) is 9.59 Å². The molecule has 2 N–H and O–H groups in total. The molecule has 3 heterocycles. The zero-order valence-electron chi connectivity index (χ0n) is 13.7. The van der Waals surface area contributed by atoms with Crippen LogP contribution < -0.4 is 5.69 Å². The van der Waals surface area contributed by atoms with E-state index in [1.54, 1.807) is 0 Å². The quantitative estimate of drug-likeness (QED) is 0.868. The van der Waals surface area contributed by atoms with Crippen molar-refractivity contribution < 1.29 is 4.79 Å². The molecule has 124 valence electrons. The van der Waals surface area contributed by atoms with Crippen LogP contribution in [0, 0.1) is 13.8 Å². The number of nitrogens with zero attached hydrogens (tertiary/aromatic N) is 4. The first kappa shape index (κ1) is 15.5. The molecule has 8 heteroatoms. The molecule has 1 aliphatic heterocycles. The van der Waals surface area contributed by atoms with Crippen LogP contribution in [0.1, 0.15) is 48.1 Å². The van der Waals surface area contributed by atoms with Crippen molar-refractivity contribution in [2.24, 2.45) is 7.05 Å². The maximum absolute atomic E-state index is 12.6. The highest BCUT2D eigenvalue weighted by molar-refractivity contribution is 5.77. The third-order valence-corrected chi connectivity index (χ3v) is 4.66. The summed E-state index contributed by atoms with van der Waals surface area (Å²) in [5.41, 5.74) is 2.89. The summed E-state index contributed by atoms with van der Waals surface area (Å²) in [7, 11) is 1.91. The van der Waals surface area contributed by atoms with E-state index < -0.39 is 0 Å². The molecule has 0 aliphatic carbocycles. The molecule has 0 bridgehead atoms. The predicted molar refractivity (Wildman–Crippen MR) is 83.9 cm³/mol. The van der Waals surface area contributed by atoms with Crippen molar-refractivity contribution in [3.63, 3.8) is 0 Å². The Hall–Kier alpha value is -2.38. The summed E-state index contributed by atoms with van der Waals surface area (Å²) in [5, 5.41) is 10.7. The Balaban J connectivity index is 1.69. The first-order valence-electron chi connectivity index (χ1n) is 7.90. The summed E-state index contributed by atoms with van der Waals surface area (Å²) < 4.78 is 1.85. The van der Waals surface area contributed by atoms with Gasteiger partial charge in [0, 0.05) is 25.7 Å². The molecule has 2 aromatic rings. The fraction of sp³-hybridized carbons (Fsp3) is 0.600. The third-order valence-electron chi connectivity index (χ3n) is 4.66. The van der Waals surface area contributed by atoms with E-state index in [1.807, 2.05) is 30.5 Å². The molecule has 0 saturated carbocycles. The summed E-state index contributed by atoms with van der Waals surface area (Å²) in [6.07, 6.45) is 2.89. The van der Waals surface area contributed by atoms with E-state index in [-0.39, 0.29) is 17.6 Å². The Kier molecular flexibility index (Phi) is 4.06. The van der Waals surface area contributed by atoms with Crippen molar-refractivity contribution >= 4 is 5.91 Å². The largest absolute Gasteiger partial charge is 0.340 e. The van der Waals surface area contributed by atoms with Crippen LogP contribution >= 0.6 is 0 Å². The van der Waals surface area contributed by atoms with Crippen LogP contribution in [-0.2, 0) is 18.3 Å². The van der Waals surface area contributed by atoms with Gasteiger partial charge in [-0.25, -0.2) is 9.89 Å². The average Bonchev–Trinajstić information content (AvgIpc) is 3.19. The number of aromatic amines is 2. The predicted octanol–water partition coefficient (Wildman–Crippen LogP) is 0.745. The summed E-state index contributed by atoms with van der Waals surface area (Å²) in [6.45, 7) is 4.70. The van der Waals surface area contributed by atoms with Gasteiger partial charge in [0.05, 0.1) is 11.7 Å². The van der Waals surface area contributed by atoms with Crippen LogP contribution in [0.15, 0.2) is 4.79 Å². The van der Waals surface area contributed by atoms with Crippen molar-refractivity contribution in [1.82, 2.24) is 29.9 Å². The van der Waals surface area contributed by atoms with Gasteiger partial charge in [0.2, 0.25) is 5.91 Å². The topological polar surface area (TPSA) is 99.7 Å². The molecule has 23 heavy (non-hydrogen) atoms. The van der Waals surface area contributed by atoms with Gasteiger partial charge in [-0.2, -0.15) is 10.2 Å². The Morgan fingerprint density at radius 1 is 1.39 bits per heavy atom. The number of rotatable bonds is 4. The molecule has 1 fully saturated rings. The van der Waals surface area contributed by atoms with E-state index in [0.29, 0.717) is 25.2 Å². The molecule has 0 radical (unpaired) electrons. The first-order chi connectivity index (χ1) is 11.0. The first-order valence-corrected chi connectivity index (χ1v) is 7.90. The minimum atomic E-state index is -0.332. The van der Waals surface area contributed by atoms with Gasteiger partial charge >= 0.3 is 5.69 Å². The van der Waals surface area contributed by atoms with E-state index in [4.69, 9.17) is 0 Å². The zero-order valence-corrected chi connectivity index (χ0v) is 13.7. The summed E-state index contributed by atoms with van der Waals surface area (Å²) in [5.74, 6) is 0.647. The molecule has 1 saturated heterocycles. The Labute approximate surface area is 133 Å². The number of carbonyl (C=O) groups excluding carboxylic acids is 1. The van der Waals surface area contributed by atoms with Gasteiger partial charge < -0.3 is 4.90 Å². The second kappa shape index (κ2) is 6.02. The summed E-state index contributed by atoms with van der Waals surface area (Å²) in [6, 6.07) is -0.127. The molecule has 0 unspecified atom stereocenters. The SMILES string of the molecule is Cc1nn(C)c(C)c1CCC(=O)N1CCC[C@@H]1c1n[nH]c(=O)[nH]1. The number of likely N-dealkylation sites (tertiary alicyclic amines) is 1. The zero-order chi connectivity index (χ0) is 16.6. The van der Waals surface area contributed by atoms with Gasteiger partial charge in [0.25, 0.3) is 0 Å². The lowest BCUT2D eigenvalue weighted by Gasteiger charge is -2.22. The minimum absolute atomic E-state index is 0.0963. The highest BCUT2D eigenvalue weighted by Gasteiger charge is 2.32. The maximum atomic E-state index is 12.6. The van der Waals surface area contributed by atoms with E-state index in [1.165, 1.54) is 0 Å². The van der Waals surface area contributed by atoms with Crippen LogP contribution in [0.25, 0.3) is 0 Å². The minimum Gasteiger partial charge on any atom is -0.332 e. The lowest BCUT2D eigenvalue weighted by atomic mass is 10.1. The number of nitrogens with one attached hydrogen (secondary N) is 2. The number of carbonyl (C=O) groups is 1. The van der Waals surface area contributed by atoms with E-state index in [2.05, 4.69) is 20.3 Å². The summed E-state index contributed by atoms with van der Waals surface area (Å²) >= 11 is 0. The molecule has 1 aliphatic rings. The van der Waals surface area contributed by atoms with Crippen LogP contribution in [-0.4, -0.2) is 42.3 Å². The second-order valence-electron chi connectivity index (χ2n) is 6.08. The van der Waals surface area contributed by atoms with E-state index >= 15 is 0 Å². The normalized spacial score (nSPS) is 17.9. The standard InChI is InChI=1S/C15H22N6O2/c1-9-11(10(2)20(3)19-9)6-7-13(22)21-8-4-5-12(21)14-16-15(23)18-17-14/h12H,4-8H2,1-3H3,(H2,16,17,18,23)/t12-/m1/s1. The Morgan fingerprint density at radius 3 is 2.78 bits per heavy atom. The molecule has 0 aromatic carbocycles. The molecular formula is C15H22N6O2. The lowest BCUT2D eigenvalue weighted by molar-refractivity contribution is -0.132. The Bertz CT molecular complexity index is 771. The van der Waals surface area contributed by atoms with Crippen molar-refractivity contribution in [3.05, 3.63) is 33.3 Å². The number of aryl methyl sites for hydroxylation is 2. The number of hydrogen-bond acceptors (Lipinski definition) is 4. The number of aromatic nitrogens is 5. The van der Waals surface area contributed by atoms with Crippen molar-refractivity contribution in [3.8, 4) is 0 Å². The third kappa shape index (κ3) is 2.93. The van der Waals surface area contributed by atoms with Gasteiger partial charge in [-0.3, -0.25) is 14.5 Å². The second-order valence-corrected chi connectivity index (χ2v) is 6.08. The number of hydrogen-bond donors (Lipinski definition) is 2. The smallest absolute Gasteiger partial charge is 0.332 e. The Morgan fingerprint density at radius 2 is 2.17 bits per heavy atom. The van der Waals surface area contributed by atoms with Crippen LogP contribution in [0.2, 0.25) is 0 Å². The molecule has 3 rings (SSSR count). The van der Waals surface area contributed by atoms with Crippen molar-refractivity contribution in [2.75, 3.05) is 6.54 Å². The van der Waals surface area contributed by atoms with Crippen LogP contribution in [0.4, 0.5) is 0 Å². The monoisotopic (exact) mass is 318 g/mol.